The largest absolute Gasteiger partial charge is 0.388 e. The van der Waals surface area contributed by atoms with Crippen molar-refractivity contribution < 1.29 is 4.79 Å². The number of benzene rings is 2. The fourth-order valence-corrected chi connectivity index (χ4v) is 1.80. The minimum Gasteiger partial charge on any atom is -0.388 e. The van der Waals surface area contributed by atoms with Crippen molar-refractivity contribution in [2.45, 2.75) is 0 Å². The second-order valence-corrected chi connectivity index (χ2v) is 4.29. The molecule has 20 heavy (non-hydrogen) atoms. The SMILES string of the molecule is C#Cc1cccc(/C=C/C(=O)c2ccc(NC)cc2)c1. The van der Waals surface area contributed by atoms with Gasteiger partial charge in [-0.3, -0.25) is 4.79 Å². The van der Waals surface area contributed by atoms with Crippen molar-refractivity contribution in [2.75, 3.05) is 12.4 Å². The Bertz CT molecular complexity index is 675. The summed E-state index contributed by atoms with van der Waals surface area (Å²) in [5.41, 5.74) is 3.36. The van der Waals surface area contributed by atoms with Crippen LogP contribution in [0.3, 0.4) is 0 Å². The number of rotatable bonds is 4. The van der Waals surface area contributed by atoms with Crippen LogP contribution in [0.1, 0.15) is 21.5 Å². The number of allylic oxidation sites excluding steroid dienone is 1. The van der Waals surface area contributed by atoms with Crippen molar-refractivity contribution in [3.63, 3.8) is 0 Å². The van der Waals surface area contributed by atoms with E-state index in [1.165, 1.54) is 0 Å². The molecule has 0 aliphatic rings. The molecule has 2 aromatic carbocycles. The van der Waals surface area contributed by atoms with Crippen molar-refractivity contribution in [3.05, 3.63) is 71.3 Å². The lowest BCUT2D eigenvalue weighted by molar-refractivity contribution is 0.104. The average molecular weight is 261 g/mol. The van der Waals surface area contributed by atoms with Gasteiger partial charge in [0, 0.05) is 23.9 Å². The van der Waals surface area contributed by atoms with Gasteiger partial charge in [-0.05, 0) is 48.0 Å². The van der Waals surface area contributed by atoms with Gasteiger partial charge in [-0.1, -0.05) is 24.1 Å². The molecule has 0 aromatic heterocycles. The van der Waals surface area contributed by atoms with E-state index in [1.54, 1.807) is 24.3 Å². The Kier molecular flexibility index (Phi) is 4.36. The van der Waals surface area contributed by atoms with E-state index in [4.69, 9.17) is 6.42 Å². The normalized spacial score (nSPS) is 10.2. The first-order chi connectivity index (χ1) is 9.72. The molecule has 1 N–H and O–H groups in total. The van der Waals surface area contributed by atoms with E-state index in [-0.39, 0.29) is 5.78 Å². The smallest absolute Gasteiger partial charge is 0.185 e. The molecule has 0 saturated carbocycles. The summed E-state index contributed by atoms with van der Waals surface area (Å²) in [7, 11) is 1.84. The van der Waals surface area contributed by atoms with Crippen LogP contribution in [0.2, 0.25) is 0 Å². The Labute approximate surface area is 119 Å². The maximum atomic E-state index is 12.0. The lowest BCUT2D eigenvalue weighted by Gasteiger charge is -2.00. The van der Waals surface area contributed by atoms with E-state index < -0.39 is 0 Å². The number of ketones is 1. The van der Waals surface area contributed by atoms with Gasteiger partial charge in [0.05, 0.1) is 0 Å². The highest BCUT2D eigenvalue weighted by Gasteiger charge is 2.01. The second-order valence-electron chi connectivity index (χ2n) is 4.29. The van der Waals surface area contributed by atoms with Crippen molar-refractivity contribution in [1.29, 1.82) is 0 Å². The molecule has 0 atom stereocenters. The highest BCUT2D eigenvalue weighted by Crippen LogP contribution is 2.11. The van der Waals surface area contributed by atoms with Crippen LogP contribution in [0.4, 0.5) is 5.69 Å². The molecule has 0 aliphatic heterocycles. The standard InChI is InChI=1S/C18H15NO/c1-3-14-5-4-6-15(13-14)7-12-18(20)16-8-10-17(19-2)11-9-16/h1,4-13,19H,2H3/b12-7+. The topological polar surface area (TPSA) is 29.1 Å². The molecule has 0 saturated heterocycles. The van der Waals surface area contributed by atoms with Crippen LogP contribution in [-0.2, 0) is 0 Å². The monoisotopic (exact) mass is 261 g/mol. The summed E-state index contributed by atoms with van der Waals surface area (Å²) >= 11 is 0. The zero-order valence-corrected chi connectivity index (χ0v) is 11.3. The summed E-state index contributed by atoms with van der Waals surface area (Å²) in [4.78, 5) is 12.0. The van der Waals surface area contributed by atoms with Crippen LogP contribution in [-0.4, -0.2) is 12.8 Å². The molecular weight excluding hydrogens is 246 g/mol. The molecule has 0 amide bonds. The van der Waals surface area contributed by atoms with Gasteiger partial charge in [-0.2, -0.15) is 0 Å². The maximum Gasteiger partial charge on any atom is 0.185 e. The maximum absolute atomic E-state index is 12.0. The minimum absolute atomic E-state index is 0.0289. The van der Waals surface area contributed by atoms with Crippen molar-refractivity contribution in [2.24, 2.45) is 0 Å². The highest BCUT2D eigenvalue weighted by molar-refractivity contribution is 6.06. The first-order valence-electron chi connectivity index (χ1n) is 6.30. The van der Waals surface area contributed by atoms with Gasteiger partial charge >= 0.3 is 0 Å². The summed E-state index contributed by atoms with van der Waals surface area (Å²) in [5.74, 6) is 2.54. The lowest BCUT2D eigenvalue weighted by atomic mass is 10.1. The molecule has 2 heteroatoms. The zero-order chi connectivity index (χ0) is 14.4. The third-order valence-electron chi connectivity index (χ3n) is 2.94. The summed E-state index contributed by atoms with van der Waals surface area (Å²) in [5, 5.41) is 3.02. The Hall–Kier alpha value is -2.79. The number of carbonyl (C=O) groups is 1. The molecular formula is C18H15NO. The van der Waals surface area contributed by atoms with Crippen molar-refractivity contribution >= 4 is 17.5 Å². The van der Waals surface area contributed by atoms with Crippen LogP contribution in [0, 0.1) is 12.3 Å². The van der Waals surface area contributed by atoms with E-state index >= 15 is 0 Å². The quantitative estimate of drug-likeness (QED) is 0.517. The van der Waals surface area contributed by atoms with Crippen LogP contribution >= 0.6 is 0 Å². The molecule has 0 unspecified atom stereocenters. The summed E-state index contributed by atoms with van der Waals surface area (Å²) in [6.45, 7) is 0. The van der Waals surface area contributed by atoms with Crippen molar-refractivity contribution in [1.82, 2.24) is 0 Å². The third-order valence-corrected chi connectivity index (χ3v) is 2.94. The zero-order valence-electron chi connectivity index (χ0n) is 11.3. The van der Waals surface area contributed by atoms with Gasteiger partial charge in [0.2, 0.25) is 0 Å². The Morgan fingerprint density at radius 3 is 2.60 bits per heavy atom. The van der Waals surface area contributed by atoms with E-state index in [0.29, 0.717) is 5.56 Å². The van der Waals surface area contributed by atoms with E-state index in [1.807, 2.05) is 43.4 Å². The van der Waals surface area contributed by atoms with Gasteiger partial charge in [0.25, 0.3) is 0 Å². The molecule has 98 valence electrons. The van der Waals surface area contributed by atoms with Crippen LogP contribution in [0.5, 0.6) is 0 Å². The second kappa shape index (κ2) is 6.40. The Balaban J connectivity index is 2.13. The first-order valence-corrected chi connectivity index (χ1v) is 6.30. The van der Waals surface area contributed by atoms with Gasteiger partial charge in [0.1, 0.15) is 0 Å². The fraction of sp³-hybridized carbons (Fsp3) is 0.0556. The predicted molar refractivity (Wildman–Crippen MR) is 83.7 cm³/mol. The summed E-state index contributed by atoms with van der Waals surface area (Å²) < 4.78 is 0. The minimum atomic E-state index is -0.0289. The van der Waals surface area contributed by atoms with E-state index in [0.717, 1.165) is 16.8 Å². The fourth-order valence-electron chi connectivity index (χ4n) is 1.80. The average Bonchev–Trinajstić information content (AvgIpc) is 2.53. The molecule has 2 rings (SSSR count). The molecule has 2 aromatic rings. The summed E-state index contributed by atoms with van der Waals surface area (Å²) in [6.07, 6.45) is 8.68. The van der Waals surface area contributed by atoms with Gasteiger partial charge in [0.15, 0.2) is 5.78 Å². The van der Waals surface area contributed by atoms with Crippen LogP contribution in [0.25, 0.3) is 6.08 Å². The highest BCUT2D eigenvalue weighted by atomic mass is 16.1. The number of carbonyl (C=O) groups excluding carboxylic acids is 1. The molecule has 0 aliphatic carbocycles. The summed E-state index contributed by atoms with van der Waals surface area (Å²) in [6, 6.07) is 14.9. The molecule has 0 spiro atoms. The molecule has 0 fully saturated rings. The Morgan fingerprint density at radius 1 is 1.20 bits per heavy atom. The van der Waals surface area contributed by atoms with E-state index in [2.05, 4.69) is 11.2 Å². The predicted octanol–water partition coefficient (Wildman–Crippen LogP) is 3.61. The van der Waals surface area contributed by atoms with Crippen molar-refractivity contribution in [3.8, 4) is 12.3 Å². The number of anilines is 1. The molecule has 0 bridgehead atoms. The van der Waals surface area contributed by atoms with Crippen LogP contribution in [0.15, 0.2) is 54.6 Å². The Morgan fingerprint density at radius 2 is 1.95 bits per heavy atom. The number of terminal acetylenes is 1. The number of hydrogen-bond acceptors (Lipinski definition) is 2. The third kappa shape index (κ3) is 3.37. The molecule has 0 heterocycles. The molecule has 2 nitrogen and oxygen atoms in total. The van der Waals surface area contributed by atoms with E-state index in [9.17, 15) is 4.79 Å². The van der Waals surface area contributed by atoms with Crippen LogP contribution < -0.4 is 5.32 Å². The number of hydrogen-bond donors (Lipinski definition) is 1. The van der Waals surface area contributed by atoms with Gasteiger partial charge < -0.3 is 5.32 Å². The molecule has 0 radical (unpaired) electrons. The lowest BCUT2D eigenvalue weighted by Crippen LogP contribution is -1.95. The van der Waals surface area contributed by atoms with Gasteiger partial charge in [-0.25, -0.2) is 0 Å². The number of nitrogens with one attached hydrogen (secondary N) is 1. The first kappa shape index (κ1) is 13.6. The van der Waals surface area contributed by atoms with Gasteiger partial charge in [-0.15, -0.1) is 6.42 Å².